The van der Waals surface area contributed by atoms with Crippen molar-refractivity contribution in [2.45, 2.75) is 252 Å². The summed E-state index contributed by atoms with van der Waals surface area (Å²) in [4.78, 5) is 12.7. The highest BCUT2D eigenvalue weighted by atomic mass is 16.5. The summed E-state index contributed by atoms with van der Waals surface area (Å²) in [6.45, 7) is 8.69. The molecule has 0 atom stereocenters. The van der Waals surface area contributed by atoms with Crippen LogP contribution in [-0.2, 0) is 4.74 Å². The van der Waals surface area contributed by atoms with Crippen molar-refractivity contribution in [3.63, 3.8) is 0 Å². The smallest absolute Gasteiger partial charge is 0.338 e. The molecule has 0 aliphatic carbocycles. The number of benzene rings is 1. The molecule has 322 valence electrons. The number of esters is 1. The first-order valence-electron chi connectivity index (χ1n) is 24.3. The van der Waals surface area contributed by atoms with Gasteiger partial charge in [-0.15, -0.1) is 0 Å². The van der Waals surface area contributed by atoms with E-state index in [1.807, 2.05) is 0 Å². The fraction of sp³-hybridized carbons (Fsp3) is 0.860. The second-order valence-electron chi connectivity index (χ2n) is 16.5. The Labute approximate surface area is 342 Å². The summed E-state index contributed by atoms with van der Waals surface area (Å²) in [7, 11) is 1.43. The topological polar surface area (TPSA) is 54.0 Å². The van der Waals surface area contributed by atoms with Gasteiger partial charge in [0.2, 0.25) is 5.75 Å². The van der Waals surface area contributed by atoms with E-state index in [4.69, 9.17) is 18.9 Å². The molecule has 0 aliphatic heterocycles. The molecule has 0 amide bonds. The van der Waals surface area contributed by atoms with E-state index in [1.54, 1.807) is 12.1 Å². The molecule has 1 aromatic rings. The van der Waals surface area contributed by atoms with E-state index < -0.39 is 0 Å². The van der Waals surface area contributed by atoms with E-state index in [2.05, 4.69) is 20.8 Å². The summed E-state index contributed by atoms with van der Waals surface area (Å²) in [5.74, 6) is 1.48. The molecule has 0 aromatic heterocycles. The second kappa shape index (κ2) is 40.3. The molecule has 0 bridgehead atoms. The molecule has 0 radical (unpaired) electrons. The monoisotopic (exact) mass is 773 g/mol. The number of carbonyl (C=O) groups excluding carboxylic acids is 1. The zero-order valence-electron chi connectivity index (χ0n) is 37.3. The van der Waals surface area contributed by atoms with Gasteiger partial charge in [-0.2, -0.15) is 0 Å². The molecule has 0 saturated heterocycles. The van der Waals surface area contributed by atoms with Crippen molar-refractivity contribution in [3.05, 3.63) is 17.7 Å². The molecular formula is C50H92O5. The maximum Gasteiger partial charge on any atom is 0.338 e. The van der Waals surface area contributed by atoms with Gasteiger partial charge in [-0.25, -0.2) is 4.79 Å². The molecule has 5 nitrogen and oxygen atoms in total. The van der Waals surface area contributed by atoms with E-state index in [1.165, 1.54) is 206 Å². The van der Waals surface area contributed by atoms with Crippen molar-refractivity contribution in [2.24, 2.45) is 0 Å². The Balaban J connectivity index is 2.61. The highest BCUT2D eigenvalue weighted by molar-refractivity contribution is 5.91. The van der Waals surface area contributed by atoms with Crippen LogP contribution in [0.25, 0.3) is 0 Å². The lowest BCUT2D eigenvalue weighted by molar-refractivity contribution is 0.0599. The largest absolute Gasteiger partial charge is 0.490 e. The number of unbranched alkanes of at least 4 members (excludes halogenated alkanes) is 33. The van der Waals surface area contributed by atoms with Gasteiger partial charge in [-0.3, -0.25) is 0 Å². The van der Waals surface area contributed by atoms with Gasteiger partial charge < -0.3 is 18.9 Å². The first-order valence-corrected chi connectivity index (χ1v) is 24.3. The molecular weight excluding hydrogens is 681 g/mol. The Bertz CT molecular complexity index is 911. The summed E-state index contributed by atoms with van der Waals surface area (Å²) in [6, 6.07) is 3.58. The number of methoxy groups -OCH3 is 1. The van der Waals surface area contributed by atoms with Gasteiger partial charge in [0.15, 0.2) is 11.5 Å². The molecule has 5 heteroatoms. The van der Waals surface area contributed by atoms with Gasteiger partial charge in [0.1, 0.15) is 0 Å². The van der Waals surface area contributed by atoms with Crippen LogP contribution in [0.1, 0.15) is 262 Å². The minimum atomic E-state index is -0.377. The van der Waals surface area contributed by atoms with Crippen LogP contribution in [0.15, 0.2) is 12.1 Å². The van der Waals surface area contributed by atoms with Gasteiger partial charge in [0.05, 0.1) is 32.5 Å². The molecule has 0 saturated carbocycles. The summed E-state index contributed by atoms with van der Waals surface area (Å²) in [5, 5.41) is 0. The van der Waals surface area contributed by atoms with Gasteiger partial charge in [-0.05, 0) is 31.4 Å². The zero-order valence-corrected chi connectivity index (χ0v) is 37.3. The van der Waals surface area contributed by atoms with Crippen molar-refractivity contribution in [2.75, 3.05) is 26.9 Å². The van der Waals surface area contributed by atoms with Crippen LogP contribution in [0, 0.1) is 0 Å². The van der Waals surface area contributed by atoms with Crippen molar-refractivity contribution in [1.29, 1.82) is 0 Å². The Hall–Kier alpha value is -1.91. The quantitative estimate of drug-likeness (QED) is 0.0489. The molecule has 0 spiro atoms. The number of hydrogen-bond donors (Lipinski definition) is 0. The Morgan fingerprint density at radius 3 is 0.855 bits per heavy atom. The molecule has 0 aliphatic rings. The van der Waals surface area contributed by atoms with Crippen LogP contribution in [0.3, 0.4) is 0 Å². The molecule has 0 N–H and O–H groups in total. The highest BCUT2D eigenvalue weighted by Gasteiger charge is 2.19. The maximum absolute atomic E-state index is 12.7. The van der Waals surface area contributed by atoms with Crippen LogP contribution in [0.2, 0.25) is 0 Å². The number of carbonyl (C=O) groups is 1. The molecule has 0 fully saturated rings. The standard InChI is InChI=1S/C50H92O5/c1-5-8-11-14-17-20-23-26-29-32-35-38-41-53-47-44-46(50(51)52-4)45-48(54-42-39-36-33-30-27-24-21-18-15-12-9-6-2)49(47)55-43-40-37-34-31-28-25-22-19-16-13-10-7-3/h44-45H,5-43H2,1-4H3. The minimum absolute atomic E-state index is 0.377. The van der Waals surface area contributed by atoms with Gasteiger partial charge in [0, 0.05) is 0 Å². The zero-order chi connectivity index (χ0) is 39.7. The maximum atomic E-state index is 12.7. The predicted molar refractivity (Wildman–Crippen MR) is 238 cm³/mol. The lowest BCUT2D eigenvalue weighted by atomic mass is 10.1. The molecule has 0 heterocycles. The average molecular weight is 773 g/mol. The van der Waals surface area contributed by atoms with E-state index in [-0.39, 0.29) is 5.97 Å². The molecule has 1 rings (SSSR count). The Kier molecular flexibility index (Phi) is 37.4. The Morgan fingerprint density at radius 2 is 0.600 bits per heavy atom. The number of hydrogen-bond acceptors (Lipinski definition) is 5. The van der Waals surface area contributed by atoms with Crippen molar-refractivity contribution in [3.8, 4) is 17.2 Å². The van der Waals surface area contributed by atoms with Crippen LogP contribution >= 0.6 is 0 Å². The third kappa shape index (κ3) is 30.8. The van der Waals surface area contributed by atoms with Crippen LogP contribution in [0.5, 0.6) is 17.2 Å². The second-order valence-corrected chi connectivity index (χ2v) is 16.5. The predicted octanol–water partition coefficient (Wildman–Crippen LogP) is 16.7. The number of ether oxygens (including phenoxy) is 4. The van der Waals surface area contributed by atoms with E-state index in [0.29, 0.717) is 42.6 Å². The average Bonchev–Trinajstić information content (AvgIpc) is 3.20. The van der Waals surface area contributed by atoms with Crippen LogP contribution in [-0.4, -0.2) is 32.9 Å². The van der Waals surface area contributed by atoms with E-state index in [0.717, 1.165) is 32.1 Å². The molecule has 55 heavy (non-hydrogen) atoms. The van der Waals surface area contributed by atoms with Gasteiger partial charge in [-0.1, -0.05) is 233 Å². The van der Waals surface area contributed by atoms with Crippen molar-refractivity contribution in [1.82, 2.24) is 0 Å². The minimum Gasteiger partial charge on any atom is -0.490 e. The summed E-state index contributed by atoms with van der Waals surface area (Å²) in [6.07, 6.45) is 47.1. The summed E-state index contributed by atoms with van der Waals surface area (Å²) >= 11 is 0. The van der Waals surface area contributed by atoms with E-state index in [9.17, 15) is 4.79 Å². The lowest BCUT2D eigenvalue weighted by Gasteiger charge is -2.18. The van der Waals surface area contributed by atoms with Gasteiger partial charge in [0.25, 0.3) is 0 Å². The number of rotatable bonds is 43. The first kappa shape index (κ1) is 51.1. The lowest BCUT2D eigenvalue weighted by Crippen LogP contribution is -2.09. The van der Waals surface area contributed by atoms with Crippen LogP contribution in [0.4, 0.5) is 0 Å². The van der Waals surface area contributed by atoms with Crippen molar-refractivity contribution >= 4 is 5.97 Å². The third-order valence-electron chi connectivity index (χ3n) is 11.2. The fourth-order valence-electron chi connectivity index (χ4n) is 7.54. The Morgan fingerprint density at radius 1 is 0.364 bits per heavy atom. The molecule has 1 aromatic carbocycles. The van der Waals surface area contributed by atoms with E-state index >= 15 is 0 Å². The first-order chi connectivity index (χ1) is 27.2. The highest BCUT2D eigenvalue weighted by Crippen LogP contribution is 2.40. The van der Waals surface area contributed by atoms with Crippen molar-refractivity contribution < 1.29 is 23.7 Å². The normalized spacial score (nSPS) is 11.3. The third-order valence-corrected chi connectivity index (χ3v) is 11.2. The summed E-state index contributed by atoms with van der Waals surface area (Å²) < 4.78 is 24.3. The summed E-state index contributed by atoms with van der Waals surface area (Å²) in [5.41, 5.74) is 0.453. The SMILES string of the molecule is CCCCCCCCCCCCCCOc1cc(C(=O)OC)cc(OCCCCCCCCCCCCCC)c1OCCCCCCCCCCCCCC. The molecule has 0 unspecified atom stereocenters. The fourth-order valence-corrected chi connectivity index (χ4v) is 7.54. The van der Waals surface area contributed by atoms with Gasteiger partial charge >= 0.3 is 5.97 Å². The van der Waals surface area contributed by atoms with Crippen LogP contribution < -0.4 is 14.2 Å².